The van der Waals surface area contributed by atoms with Crippen LogP contribution in [0.15, 0.2) is 58.8 Å². The molecule has 0 saturated heterocycles. The molecule has 1 aliphatic heterocycles. The minimum atomic E-state index is -0.432. The molecule has 0 fully saturated rings. The van der Waals surface area contributed by atoms with E-state index in [1.807, 2.05) is 24.3 Å². The number of oxime groups is 1. The first kappa shape index (κ1) is 14.7. The van der Waals surface area contributed by atoms with Gasteiger partial charge in [0, 0.05) is 30.3 Å². The van der Waals surface area contributed by atoms with Gasteiger partial charge in [-0.15, -0.1) is 0 Å². The minimum Gasteiger partial charge on any atom is -0.389 e. The predicted octanol–water partition coefficient (Wildman–Crippen LogP) is 2.75. The van der Waals surface area contributed by atoms with Gasteiger partial charge in [-0.1, -0.05) is 29.4 Å². The molecule has 2 aromatic carbocycles. The molecule has 1 heterocycles. The van der Waals surface area contributed by atoms with Crippen LogP contribution in [0.1, 0.15) is 16.7 Å². The zero-order chi connectivity index (χ0) is 16.2. The third-order valence-corrected chi connectivity index (χ3v) is 3.42. The van der Waals surface area contributed by atoms with E-state index in [9.17, 15) is 10.1 Å². The summed E-state index contributed by atoms with van der Waals surface area (Å²) in [6.07, 6.45) is 1.61. The Morgan fingerprint density at radius 1 is 1.26 bits per heavy atom. The van der Waals surface area contributed by atoms with Gasteiger partial charge in [0.05, 0.1) is 11.1 Å². The van der Waals surface area contributed by atoms with Gasteiger partial charge < -0.3 is 4.84 Å². The number of rotatable bonds is 3. The molecule has 0 saturated carbocycles. The van der Waals surface area contributed by atoms with Crippen LogP contribution < -0.4 is 0 Å². The van der Waals surface area contributed by atoms with E-state index < -0.39 is 4.92 Å². The Morgan fingerprint density at radius 3 is 2.74 bits per heavy atom. The molecule has 0 N–H and O–H groups in total. The summed E-state index contributed by atoms with van der Waals surface area (Å²) in [7, 11) is 1.77. The first-order valence-corrected chi connectivity index (χ1v) is 6.95. The van der Waals surface area contributed by atoms with Crippen molar-refractivity contribution < 1.29 is 9.76 Å². The lowest BCUT2D eigenvalue weighted by Crippen LogP contribution is -2.26. The van der Waals surface area contributed by atoms with Gasteiger partial charge in [0.25, 0.3) is 5.69 Å². The largest absolute Gasteiger partial charge is 0.389 e. The highest BCUT2D eigenvalue weighted by atomic mass is 16.6. The second kappa shape index (κ2) is 6.27. The van der Waals surface area contributed by atoms with Crippen LogP contribution in [0.5, 0.6) is 0 Å². The Bertz CT molecular complexity index is 784. The van der Waals surface area contributed by atoms with Crippen LogP contribution in [0.3, 0.4) is 0 Å². The summed E-state index contributed by atoms with van der Waals surface area (Å²) < 4.78 is 0. The molecule has 0 spiro atoms. The second-order valence-corrected chi connectivity index (χ2v) is 4.96. The van der Waals surface area contributed by atoms with Crippen molar-refractivity contribution in [1.29, 1.82) is 0 Å². The molecular weight excluding hydrogens is 296 g/mol. The first-order chi connectivity index (χ1) is 11.1. The van der Waals surface area contributed by atoms with Crippen molar-refractivity contribution >= 4 is 17.7 Å². The van der Waals surface area contributed by atoms with Crippen LogP contribution in [-0.4, -0.2) is 29.0 Å². The van der Waals surface area contributed by atoms with Gasteiger partial charge in [-0.25, -0.2) is 5.01 Å². The number of non-ortho nitro benzene ring substituents is 1. The van der Waals surface area contributed by atoms with Crippen LogP contribution in [-0.2, 0) is 11.4 Å². The van der Waals surface area contributed by atoms with E-state index in [1.54, 1.807) is 30.4 Å². The van der Waals surface area contributed by atoms with Gasteiger partial charge in [0.2, 0.25) is 0 Å². The Hall–Kier alpha value is -3.22. The fourth-order valence-electron chi connectivity index (χ4n) is 2.20. The number of hydrazone groups is 1. The molecule has 1 aliphatic rings. The summed E-state index contributed by atoms with van der Waals surface area (Å²) in [6, 6.07) is 14.0. The summed E-state index contributed by atoms with van der Waals surface area (Å²) in [5, 5.41) is 20.6. The van der Waals surface area contributed by atoms with Gasteiger partial charge in [-0.3, -0.25) is 10.1 Å². The van der Waals surface area contributed by atoms with Crippen molar-refractivity contribution in [2.24, 2.45) is 10.3 Å². The molecule has 0 aromatic heterocycles. The Kier molecular flexibility index (Phi) is 4.01. The predicted molar refractivity (Wildman–Crippen MR) is 86.2 cm³/mol. The monoisotopic (exact) mass is 310 g/mol. The molecule has 0 atom stereocenters. The van der Waals surface area contributed by atoms with Crippen LogP contribution in [0, 0.1) is 10.1 Å². The molecular formula is C16H14N4O3. The highest BCUT2D eigenvalue weighted by molar-refractivity contribution is 6.00. The molecule has 0 amide bonds. The van der Waals surface area contributed by atoms with Crippen molar-refractivity contribution in [2.75, 3.05) is 7.05 Å². The van der Waals surface area contributed by atoms with Gasteiger partial charge in [-0.05, 0) is 17.7 Å². The van der Waals surface area contributed by atoms with Gasteiger partial charge in [0.1, 0.15) is 6.61 Å². The Labute approximate surface area is 132 Å². The highest BCUT2D eigenvalue weighted by Gasteiger charge is 2.18. The smallest absolute Gasteiger partial charge is 0.269 e. The van der Waals surface area contributed by atoms with Crippen LogP contribution >= 0.6 is 0 Å². The SMILES string of the molecule is CN(/N=C\c1ccc([N+](=O)[O-])cc1)C1=NOCc2ccccc21. The summed E-state index contributed by atoms with van der Waals surface area (Å²) in [5.74, 6) is 0.616. The molecule has 23 heavy (non-hydrogen) atoms. The quantitative estimate of drug-likeness (QED) is 0.496. The van der Waals surface area contributed by atoms with E-state index in [2.05, 4.69) is 10.3 Å². The molecule has 0 bridgehead atoms. The molecule has 3 rings (SSSR count). The molecule has 7 heteroatoms. The van der Waals surface area contributed by atoms with Crippen molar-refractivity contribution in [3.05, 3.63) is 75.3 Å². The number of hydrogen-bond donors (Lipinski definition) is 0. The van der Waals surface area contributed by atoms with Gasteiger partial charge in [-0.2, -0.15) is 5.10 Å². The van der Waals surface area contributed by atoms with Crippen molar-refractivity contribution in [2.45, 2.75) is 6.61 Å². The highest BCUT2D eigenvalue weighted by Crippen LogP contribution is 2.18. The lowest BCUT2D eigenvalue weighted by Gasteiger charge is -2.21. The molecule has 0 aliphatic carbocycles. The third kappa shape index (κ3) is 3.18. The average Bonchev–Trinajstić information content (AvgIpc) is 2.59. The van der Waals surface area contributed by atoms with E-state index in [0.29, 0.717) is 12.4 Å². The second-order valence-electron chi connectivity index (χ2n) is 4.96. The fraction of sp³-hybridized carbons (Fsp3) is 0.125. The topological polar surface area (TPSA) is 80.3 Å². The lowest BCUT2D eigenvalue weighted by atomic mass is 10.1. The van der Waals surface area contributed by atoms with E-state index in [-0.39, 0.29) is 5.69 Å². The van der Waals surface area contributed by atoms with Crippen molar-refractivity contribution in [3.63, 3.8) is 0 Å². The average molecular weight is 310 g/mol. The van der Waals surface area contributed by atoms with Gasteiger partial charge in [0.15, 0.2) is 5.84 Å². The fourth-order valence-corrected chi connectivity index (χ4v) is 2.20. The normalized spacial score (nSPS) is 13.2. The van der Waals surface area contributed by atoms with E-state index in [1.165, 1.54) is 12.1 Å². The number of fused-ring (bicyclic) bond motifs is 1. The van der Waals surface area contributed by atoms with Crippen LogP contribution in [0.4, 0.5) is 5.69 Å². The number of nitrogens with zero attached hydrogens (tertiary/aromatic N) is 4. The van der Waals surface area contributed by atoms with Crippen LogP contribution in [0.25, 0.3) is 0 Å². The Morgan fingerprint density at radius 2 is 2.00 bits per heavy atom. The number of amidine groups is 1. The maximum absolute atomic E-state index is 10.6. The van der Waals surface area contributed by atoms with Crippen LogP contribution in [0.2, 0.25) is 0 Å². The van der Waals surface area contributed by atoms with Crippen molar-refractivity contribution in [1.82, 2.24) is 5.01 Å². The number of hydrogen-bond acceptors (Lipinski definition) is 6. The maximum atomic E-state index is 10.6. The summed E-state index contributed by atoms with van der Waals surface area (Å²) in [5.41, 5.74) is 2.83. The molecule has 116 valence electrons. The first-order valence-electron chi connectivity index (χ1n) is 6.95. The van der Waals surface area contributed by atoms with E-state index in [0.717, 1.165) is 16.7 Å². The molecule has 0 unspecified atom stereocenters. The number of benzene rings is 2. The lowest BCUT2D eigenvalue weighted by molar-refractivity contribution is -0.384. The summed E-state index contributed by atoms with van der Waals surface area (Å²) in [6.45, 7) is 0.444. The maximum Gasteiger partial charge on any atom is 0.269 e. The zero-order valence-electron chi connectivity index (χ0n) is 12.4. The third-order valence-electron chi connectivity index (χ3n) is 3.42. The minimum absolute atomic E-state index is 0.0505. The van der Waals surface area contributed by atoms with E-state index >= 15 is 0 Å². The molecule has 7 nitrogen and oxygen atoms in total. The summed E-state index contributed by atoms with van der Waals surface area (Å²) in [4.78, 5) is 15.4. The van der Waals surface area contributed by atoms with Gasteiger partial charge >= 0.3 is 0 Å². The Balaban J connectivity index is 1.77. The van der Waals surface area contributed by atoms with E-state index in [4.69, 9.17) is 4.84 Å². The number of nitro benzene ring substituents is 1. The zero-order valence-corrected chi connectivity index (χ0v) is 12.4. The standard InChI is InChI=1S/C16H14N4O3/c1-19(16-15-5-3-2-4-13(15)11-23-18-16)17-10-12-6-8-14(9-7-12)20(21)22/h2-10H,11H2,1H3/b17-10-. The molecule has 0 radical (unpaired) electrons. The van der Waals surface area contributed by atoms with Crippen molar-refractivity contribution in [3.8, 4) is 0 Å². The summed E-state index contributed by atoms with van der Waals surface area (Å²) >= 11 is 0. The molecule has 2 aromatic rings. The number of nitro groups is 1.